The van der Waals surface area contributed by atoms with Crippen LogP contribution in [0, 0.1) is 6.92 Å². The van der Waals surface area contributed by atoms with E-state index in [4.69, 9.17) is 4.74 Å². The quantitative estimate of drug-likeness (QED) is 0.309. The van der Waals surface area contributed by atoms with Gasteiger partial charge in [0, 0.05) is 29.9 Å². The van der Waals surface area contributed by atoms with Crippen LogP contribution >= 0.6 is 0 Å². The average Bonchev–Trinajstić information content (AvgIpc) is 3.25. The summed E-state index contributed by atoms with van der Waals surface area (Å²) in [4.78, 5) is 18.0. The number of carbonyl (C=O) groups is 1. The van der Waals surface area contributed by atoms with Gasteiger partial charge in [0.15, 0.2) is 0 Å². The summed E-state index contributed by atoms with van der Waals surface area (Å²) in [7, 11) is 0. The number of likely N-dealkylation sites (tertiary alicyclic amines) is 1. The molecule has 2 heterocycles. The summed E-state index contributed by atoms with van der Waals surface area (Å²) in [5.74, 6) is 1.52. The normalized spacial score (nSPS) is 16.3. The minimum absolute atomic E-state index is 0.000732. The van der Waals surface area contributed by atoms with Gasteiger partial charge >= 0.3 is 6.03 Å². The first-order chi connectivity index (χ1) is 18.6. The molecule has 38 heavy (non-hydrogen) atoms. The standard InChI is InChI=1S/C33H33N3O2/c1-25-12-17-31-30(22-25)33(18-20-35(21-19-33)23-26-8-4-2-5-9-26)24-36(31)32(37)34-27-13-15-29(16-14-27)38-28-10-6-3-7-11-28/h2-17,22H,18-21,23-24H2,1H3,(H,34,37). The van der Waals surface area contributed by atoms with Crippen molar-refractivity contribution >= 4 is 17.4 Å². The second kappa shape index (κ2) is 10.3. The van der Waals surface area contributed by atoms with E-state index in [0.717, 1.165) is 55.3 Å². The van der Waals surface area contributed by atoms with Gasteiger partial charge in [0.1, 0.15) is 11.5 Å². The average molecular weight is 504 g/mol. The van der Waals surface area contributed by atoms with E-state index in [1.807, 2.05) is 59.5 Å². The Morgan fingerprint density at radius 1 is 0.842 bits per heavy atom. The Morgan fingerprint density at radius 2 is 1.50 bits per heavy atom. The molecule has 0 saturated carbocycles. The molecule has 2 aliphatic rings. The Morgan fingerprint density at radius 3 is 2.21 bits per heavy atom. The summed E-state index contributed by atoms with van der Waals surface area (Å²) in [5.41, 5.74) is 5.70. The summed E-state index contributed by atoms with van der Waals surface area (Å²) in [6, 6.07) is 34.4. The lowest BCUT2D eigenvalue weighted by atomic mass is 9.74. The fourth-order valence-electron chi connectivity index (χ4n) is 5.79. The fraction of sp³-hybridized carbons (Fsp3) is 0.242. The van der Waals surface area contributed by atoms with Gasteiger partial charge in [0.25, 0.3) is 0 Å². The molecule has 1 spiro atoms. The zero-order valence-electron chi connectivity index (χ0n) is 21.8. The zero-order valence-corrected chi connectivity index (χ0v) is 21.8. The van der Waals surface area contributed by atoms with Crippen LogP contribution in [0.1, 0.15) is 29.5 Å². The predicted molar refractivity (Wildman–Crippen MR) is 153 cm³/mol. The minimum atomic E-state index is -0.0876. The third kappa shape index (κ3) is 5.02. The van der Waals surface area contributed by atoms with E-state index >= 15 is 0 Å². The summed E-state index contributed by atoms with van der Waals surface area (Å²) in [5, 5.41) is 3.11. The van der Waals surface area contributed by atoms with E-state index in [1.165, 1.54) is 16.7 Å². The summed E-state index contributed by atoms with van der Waals surface area (Å²) in [6.07, 6.45) is 2.09. The van der Waals surface area contributed by atoms with Crippen LogP contribution in [0.2, 0.25) is 0 Å². The van der Waals surface area contributed by atoms with Crippen LogP contribution < -0.4 is 15.0 Å². The molecule has 192 valence electrons. The zero-order chi connectivity index (χ0) is 26.0. The van der Waals surface area contributed by atoms with E-state index in [2.05, 4.69) is 65.7 Å². The highest BCUT2D eigenvalue weighted by molar-refractivity contribution is 6.03. The number of nitrogens with one attached hydrogen (secondary N) is 1. The lowest BCUT2D eigenvalue weighted by molar-refractivity contribution is 0.160. The number of ether oxygens (including phenoxy) is 1. The first-order valence-electron chi connectivity index (χ1n) is 13.4. The van der Waals surface area contributed by atoms with E-state index in [1.54, 1.807) is 0 Å². The topological polar surface area (TPSA) is 44.8 Å². The lowest BCUT2D eigenvalue weighted by Gasteiger charge is -2.40. The Labute approximate surface area is 224 Å². The second-order valence-corrected chi connectivity index (χ2v) is 10.5. The molecule has 2 amide bonds. The Hall–Kier alpha value is -4.09. The van der Waals surface area contributed by atoms with Gasteiger partial charge in [-0.3, -0.25) is 9.80 Å². The van der Waals surface area contributed by atoms with Crippen LogP contribution in [0.5, 0.6) is 11.5 Å². The van der Waals surface area contributed by atoms with Crippen LogP contribution in [0.4, 0.5) is 16.2 Å². The maximum Gasteiger partial charge on any atom is 0.326 e. The number of rotatable bonds is 5. The maximum absolute atomic E-state index is 13.5. The van der Waals surface area contributed by atoms with Crippen LogP contribution in [-0.2, 0) is 12.0 Å². The van der Waals surface area contributed by atoms with Crippen molar-refractivity contribution < 1.29 is 9.53 Å². The highest BCUT2D eigenvalue weighted by Gasteiger charge is 2.46. The molecule has 5 heteroatoms. The number of fused-ring (bicyclic) bond motifs is 2. The molecule has 5 nitrogen and oxygen atoms in total. The Bertz CT molecular complexity index is 1400. The number of aryl methyl sites for hydroxylation is 1. The number of para-hydroxylation sites is 1. The molecule has 1 fully saturated rings. The molecule has 0 aromatic heterocycles. The van der Waals surface area contributed by atoms with E-state index in [-0.39, 0.29) is 11.4 Å². The largest absolute Gasteiger partial charge is 0.457 e. The van der Waals surface area contributed by atoms with Crippen LogP contribution in [0.3, 0.4) is 0 Å². The van der Waals surface area contributed by atoms with Crippen molar-refractivity contribution in [2.45, 2.75) is 31.7 Å². The number of hydrogen-bond donors (Lipinski definition) is 1. The van der Waals surface area contributed by atoms with Crippen LogP contribution in [-0.4, -0.2) is 30.6 Å². The van der Waals surface area contributed by atoms with Crippen molar-refractivity contribution in [3.8, 4) is 11.5 Å². The molecule has 2 aliphatic heterocycles. The maximum atomic E-state index is 13.5. The fourth-order valence-corrected chi connectivity index (χ4v) is 5.79. The monoisotopic (exact) mass is 503 g/mol. The van der Waals surface area contributed by atoms with Gasteiger partial charge in [-0.15, -0.1) is 0 Å². The van der Waals surface area contributed by atoms with E-state index in [9.17, 15) is 4.79 Å². The number of hydrogen-bond acceptors (Lipinski definition) is 3. The molecule has 0 aliphatic carbocycles. The van der Waals surface area contributed by atoms with Crippen molar-refractivity contribution in [1.29, 1.82) is 0 Å². The first kappa shape index (κ1) is 24.3. The van der Waals surface area contributed by atoms with E-state index in [0.29, 0.717) is 6.54 Å². The Balaban J connectivity index is 1.15. The molecular formula is C33H33N3O2. The molecule has 0 radical (unpaired) electrons. The smallest absolute Gasteiger partial charge is 0.326 e. The van der Waals surface area contributed by atoms with Crippen molar-refractivity contribution in [3.05, 3.63) is 120 Å². The first-order valence-corrected chi connectivity index (χ1v) is 13.4. The summed E-state index contributed by atoms with van der Waals surface area (Å²) in [6.45, 7) is 5.89. The predicted octanol–water partition coefficient (Wildman–Crippen LogP) is 7.37. The molecular weight excluding hydrogens is 470 g/mol. The summed E-state index contributed by atoms with van der Waals surface area (Å²) >= 11 is 0. The van der Waals surface area contributed by atoms with Gasteiger partial charge in [-0.1, -0.05) is 66.2 Å². The lowest BCUT2D eigenvalue weighted by Crippen LogP contribution is -2.46. The highest BCUT2D eigenvalue weighted by Crippen LogP contribution is 2.47. The third-order valence-corrected chi connectivity index (χ3v) is 7.87. The number of urea groups is 1. The third-order valence-electron chi connectivity index (χ3n) is 7.87. The van der Waals surface area contributed by atoms with Gasteiger partial charge in [-0.2, -0.15) is 0 Å². The molecule has 0 unspecified atom stereocenters. The van der Waals surface area contributed by atoms with Crippen molar-refractivity contribution in [1.82, 2.24) is 4.90 Å². The van der Waals surface area contributed by atoms with Crippen LogP contribution in [0.25, 0.3) is 0 Å². The highest BCUT2D eigenvalue weighted by atomic mass is 16.5. The molecule has 1 N–H and O–H groups in total. The molecule has 4 aromatic rings. The molecule has 0 bridgehead atoms. The number of piperidine rings is 1. The van der Waals surface area contributed by atoms with Gasteiger partial charge < -0.3 is 10.1 Å². The number of nitrogens with zero attached hydrogens (tertiary/aromatic N) is 2. The molecule has 1 saturated heterocycles. The van der Waals surface area contributed by atoms with Gasteiger partial charge in [-0.25, -0.2) is 4.79 Å². The minimum Gasteiger partial charge on any atom is -0.457 e. The number of benzene rings is 4. The van der Waals surface area contributed by atoms with E-state index < -0.39 is 0 Å². The SMILES string of the molecule is Cc1ccc2c(c1)C1(CCN(Cc3ccccc3)CC1)CN2C(=O)Nc1ccc(Oc2ccccc2)cc1. The molecule has 6 rings (SSSR count). The molecule has 0 atom stereocenters. The summed E-state index contributed by atoms with van der Waals surface area (Å²) < 4.78 is 5.89. The van der Waals surface area contributed by atoms with Crippen molar-refractivity contribution in [2.24, 2.45) is 0 Å². The molecule has 4 aromatic carbocycles. The van der Waals surface area contributed by atoms with Gasteiger partial charge in [-0.05, 0) is 86.4 Å². The Kier molecular flexibility index (Phi) is 6.61. The van der Waals surface area contributed by atoms with Gasteiger partial charge in [0.05, 0.1) is 0 Å². The number of amides is 2. The van der Waals surface area contributed by atoms with Gasteiger partial charge in [0.2, 0.25) is 0 Å². The number of anilines is 2. The second-order valence-electron chi connectivity index (χ2n) is 10.5. The number of carbonyl (C=O) groups excluding carboxylic acids is 1. The van der Waals surface area contributed by atoms with Crippen molar-refractivity contribution in [3.63, 3.8) is 0 Å². The van der Waals surface area contributed by atoms with Crippen LogP contribution in [0.15, 0.2) is 103 Å². The van der Waals surface area contributed by atoms with Crippen molar-refractivity contribution in [2.75, 3.05) is 29.9 Å².